The molecule has 2 unspecified atom stereocenters. The average Bonchev–Trinajstić information content (AvgIpc) is 2.83. The van der Waals surface area contributed by atoms with Gasteiger partial charge in [-0.2, -0.15) is 0 Å². The summed E-state index contributed by atoms with van der Waals surface area (Å²) in [6.45, 7) is 4.39. The van der Waals surface area contributed by atoms with E-state index in [0.717, 1.165) is 17.3 Å². The first-order valence-electron chi connectivity index (χ1n) is 7.41. The third kappa shape index (κ3) is 3.46. The maximum atomic E-state index is 6.46. The lowest BCUT2D eigenvalue weighted by Gasteiger charge is -2.28. The van der Waals surface area contributed by atoms with Crippen molar-refractivity contribution in [2.24, 2.45) is 0 Å². The molecule has 0 saturated carbocycles. The van der Waals surface area contributed by atoms with Crippen molar-refractivity contribution in [2.75, 3.05) is 39.1 Å². The molecule has 1 aromatic rings. The van der Waals surface area contributed by atoms with Gasteiger partial charge in [0.05, 0.1) is 10.7 Å². The van der Waals surface area contributed by atoms with Gasteiger partial charge in [-0.05, 0) is 58.1 Å². The molecule has 1 aromatic carbocycles. The van der Waals surface area contributed by atoms with Crippen molar-refractivity contribution in [3.05, 3.63) is 28.8 Å². The predicted octanol–water partition coefficient (Wildman–Crippen LogP) is 3.15. The van der Waals surface area contributed by atoms with Crippen LogP contribution in [-0.2, 0) is 0 Å². The van der Waals surface area contributed by atoms with E-state index in [1.54, 1.807) is 0 Å². The van der Waals surface area contributed by atoms with Crippen LogP contribution in [0, 0.1) is 0 Å². The minimum atomic E-state index is 0.327. The predicted molar refractivity (Wildman–Crippen MR) is 87.8 cm³/mol. The van der Waals surface area contributed by atoms with Crippen LogP contribution in [0.4, 0.5) is 5.69 Å². The molecule has 112 valence electrons. The molecule has 1 saturated heterocycles. The molecular formula is C16H26ClN3. The van der Waals surface area contributed by atoms with Crippen molar-refractivity contribution in [1.82, 2.24) is 10.2 Å². The normalized spacial score (nSPS) is 21.1. The van der Waals surface area contributed by atoms with E-state index in [0.29, 0.717) is 12.1 Å². The van der Waals surface area contributed by atoms with E-state index in [1.807, 2.05) is 7.05 Å². The van der Waals surface area contributed by atoms with Crippen LogP contribution >= 0.6 is 11.6 Å². The largest absolute Gasteiger partial charge is 0.372 e. The number of likely N-dealkylation sites (tertiary alicyclic amines) is 1. The molecule has 2 rings (SSSR count). The number of rotatable bonds is 5. The van der Waals surface area contributed by atoms with Gasteiger partial charge < -0.3 is 15.1 Å². The number of likely N-dealkylation sites (N-methyl/N-ethyl adjacent to an activating group) is 2. The summed E-state index contributed by atoms with van der Waals surface area (Å²) in [6, 6.07) is 7.35. The summed E-state index contributed by atoms with van der Waals surface area (Å²) in [4.78, 5) is 4.73. The molecule has 0 spiro atoms. The molecular weight excluding hydrogens is 270 g/mol. The molecule has 0 radical (unpaired) electrons. The van der Waals surface area contributed by atoms with Crippen molar-refractivity contribution in [1.29, 1.82) is 0 Å². The Morgan fingerprint density at radius 2 is 2.25 bits per heavy atom. The molecule has 3 nitrogen and oxygen atoms in total. The smallest absolute Gasteiger partial charge is 0.0642 e. The molecule has 4 heteroatoms. The molecule has 0 aliphatic carbocycles. The molecule has 1 fully saturated rings. The standard InChI is InChI=1S/C16H26ClN3/c1-12(18-2)13-7-8-16(15(17)10-13)20(4)11-14-6-5-9-19(14)3/h7-8,10,12,14,18H,5-6,9,11H2,1-4H3. The highest BCUT2D eigenvalue weighted by Crippen LogP contribution is 2.29. The first-order chi connectivity index (χ1) is 9.52. The maximum Gasteiger partial charge on any atom is 0.0642 e. The zero-order valence-corrected chi connectivity index (χ0v) is 13.7. The first-order valence-corrected chi connectivity index (χ1v) is 7.78. The Hall–Kier alpha value is -0.770. The first kappa shape index (κ1) is 15.6. The van der Waals surface area contributed by atoms with Crippen LogP contribution in [0.2, 0.25) is 5.02 Å². The van der Waals surface area contributed by atoms with E-state index < -0.39 is 0 Å². The summed E-state index contributed by atoms with van der Waals surface area (Å²) in [7, 11) is 6.31. The minimum absolute atomic E-state index is 0.327. The number of nitrogens with one attached hydrogen (secondary N) is 1. The summed E-state index contributed by atoms with van der Waals surface area (Å²) >= 11 is 6.46. The van der Waals surface area contributed by atoms with Gasteiger partial charge in [0, 0.05) is 25.7 Å². The summed E-state index contributed by atoms with van der Waals surface area (Å²) in [5, 5.41) is 4.08. The highest BCUT2D eigenvalue weighted by Gasteiger charge is 2.22. The Balaban J connectivity index is 2.08. The Morgan fingerprint density at radius 1 is 1.50 bits per heavy atom. The summed E-state index contributed by atoms with van der Waals surface area (Å²) in [5.41, 5.74) is 2.35. The molecule has 0 aromatic heterocycles. The summed E-state index contributed by atoms with van der Waals surface area (Å²) < 4.78 is 0. The number of anilines is 1. The zero-order chi connectivity index (χ0) is 14.7. The van der Waals surface area contributed by atoms with Crippen molar-refractivity contribution >= 4 is 17.3 Å². The quantitative estimate of drug-likeness (QED) is 0.900. The summed E-state index contributed by atoms with van der Waals surface area (Å²) in [5.74, 6) is 0. The monoisotopic (exact) mass is 295 g/mol. The zero-order valence-electron chi connectivity index (χ0n) is 13.0. The van der Waals surface area contributed by atoms with E-state index in [4.69, 9.17) is 11.6 Å². The fourth-order valence-electron chi connectivity index (χ4n) is 2.89. The molecule has 1 heterocycles. The second-order valence-electron chi connectivity index (χ2n) is 5.88. The fourth-order valence-corrected chi connectivity index (χ4v) is 3.23. The van der Waals surface area contributed by atoms with E-state index in [2.05, 4.69) is 54.3 Å². The van der Waals surface area contributed by atoms with Gasteiger partial charge in [0.25, 0.3) is 0 Å². The molecule has 20 heavy (non-hydrogen) atoms. The van der Waals surface area contributed by atoms with Gasteiger partial charge in [0.15, 0.2) is 0 Å². The van der Waals surface area contributed by atoms with Gasteiger partial charge in [0.1, 0.15) is 0 Å². The van der Waals surface area contributed by atoms with Crippen molar-refractivity contribution in [2.45, 2.75) is 31.8 Å². The second-order valence-corrected chi connectivity index (χ2v) is 6.29. The van der Waals surface area contributed by atoms with E-state index in [1.165, 1.54) is 24.9 Å². The SMILES string of the molecule is CNC(C)c1ccc(N(C)CC2CCCN2C)c(Cl)c1. The van der Waals surface area contributed by atoms with Crippen LogP contribution in [-0.4, -0.2) is 45.2 Å². The topological polar surface area (TPSA) is 18.5 Å². The lowest BCUT2D eigenvalue weighted by molar-refractivity contribution is 0.314. The van der Waals surface area contributed by atoms with Gasteiger partial charge >= 0.3 is 0 Å². The number of halogens is 1. The van der Waals surface area contributed by atoms with Gasteiger partial charge in [-0.15, -0.1) is 0 Å². The van der Waals surface area contributed by atoms with E-state index in [-0.39, 0.29) is 0 Å². The summed E-state index contributed by atoms with van der Waals surface area (Å²) in [6.07, 6.45) is 2.59. The van der Waals surface area contributed by atoms with Crippen LogP contribution in [0.15, 0.2) is 18.2 Å². The fraction of sp³-hybridized carbons (Fsp3) is 0.625. The van der Waals surface area contributed by atoms with Gasteiger partial charge in [-0.25, -0.2) is 0 Å². The molecule has 0 amide bonds. The second kappa shape index (κ2) is 6.79. The maximum absolute atomic E-state index is 6.46. The molecule has 1 aliphatic heterocycles. The van der Waals surface area contributed by atoms with Gasteiger partial charge in [0.2, 0.25) is 0 Å². The number of hydrogen-bond acceptors (Lipinski definition) is 3. The third-order valence-corrected chi connectivity index (χ3v) is 4.77. The number of hydrogen-bond donors (Lipinski definition) is 1. The number of nitrogens with zero attached hydrogens (tertiary/aromatic N) is 2. The lowest BCUT2D eigenvalue weighted by Crippen LogP contribution is -2.36. The van der Waals surface area contributed by atoms with Crippen molar-refractivity contribution in [3.63, 3.8) is 0 Å². The van der Waals surface area contributed by atoms with Gasteiger partial charge in [-0.3, -0.25) is 0 Å². The highest BCUT2D eigenvalue weighted by atomic mass is 35.5. The highest BCUT2D eigenvalue weighted by molar-refractivity contribution is 6.33. The van der Waals surface area contributed by atoms with Gasteiger partial charge in [-0.1, -0.05) is 17.7 Å². The Kier molecular flexibility index (Phi) is 5.30. The van der Waals surface area contributed by atoms with Crippen LogP contribution in [0.5, 0.6) is 0 Å². The third-order valence-electron chi connectivity index (χ3n) is 4.47. The van der Waals surface area contributed by atoms with Crippen LogP contribution in [0.3, 0.4) is 0 Å². The van der Waals surface area contributed by atoms with E-state index in [9.17, 15) is 0 Å². The molecule has 1 aliphatic rings. The number of benzene rings is 1. The van der Waals surface area contributed by atoms with Crippen LogP contribution in [0.25, 0.3) is 0 Å². The lowest BCUT2D eigenvalue weighted by atomic mass is 10.1. The van der Waals surface area contributed by atoms with Crippen molar-refractivity contribution < 1.29 is 0 Å². The van der Waals surface area contributed by atoms with Crippen LogP contribution in [0.1, 0.15) is 31.4 Å². The minimum Gasteiger partial charge on any atom is -0.372 e. The average molecular weight is 296 g/mol. The Bertz CT molecular complexity index is 449. The van der Waals surface area contributed by atoms with Crippen molar-refractivity contribution in [3.8, 4) is 0 Å². The van der Waals surface area contributed by atoms with E-state index >= 15 is 0 Å². The Morgan fingerprint density at radius 3 is 2.80 bits per heavy atom. The molecule has 0 bridgehead atoms. The Labute approximate surface area is 127 Å². The van der Waals surface area contributed by atoms with Crippen LogP contribution < -0.4 is 10.2 Å². The molecule has 2 atom stereocenters. The molecule has 1 N–H and O–H groups in total.